The van der Waals surface area contributed by atoms with Gasteiger partial charge in [0, 0.05) is 17.3 Å². The molecule has 166 valence electrons. The lowest BCUT2D eigenvalue weighted by Gasteiger charge is -2.25. The molecule has 0 spiro atoms. The Balaban J connectivity index is 1.93. The number of benzene rings is 1. The molecule has 0 saturated heterocycles. The minimum absolute atomic E-state index is 0.0173. The van der Waals surface area contributed by atoms with E-state index in [4.69, 9.17) is 11.6 Å². The lowest BCUT2D eigenvalue weighted by molar-refractivity contribution is 0.0689. The van der Waals surface area contributed by atoms with Crippen molar-refractivity contribution in [3.8, 4) is 0 Å². The summed E-state index contributed by atoms with van der Waals surface area (Å²) in [5.74, 6) is -0.335. The summed E-state index contributed by atoms with van der Waals surface area (Å²) in [5, 5.41) is 22.4. The summed E-state index contributed by atoms with van der Waals surface area (Å²) in [5.41, 5.74) is 3.89. The maximum Gasteiger partial charge on any atom is 0.356 e. The Morgan fingerprint density at radius 3 is 2.50 bits per heavy atom. The van der Waals surface area contributed by atoms with Crippen LogP contribution in [0, 0.1) is 13.8 Å². The Morgan fingerprint density at radius 1 is 1.19 bits per heavy atom. The van der Waals surface area contributed by atoms with Gasteiger partial charge in [-0.05, 0) is 73.0 Å². The van der Waals surface area contributed by atoms with Crippen molar-refractivity contribution in [2.24, 2.45) is 0 Å². The van der Waals surface area contributed by atoms with Gasteiger partial charge in [0.2, 0.25) is 0 Å². The van der Waals surface area contributed by atoms with Crippen LogP contribution in [0.3, 0.4) is 0 Å². The van der Waals surface area contributed by atoms with Crippen molar-refractivity contribution >= 4 is 44.8 Å². The molecule has 3 heterocycles. The molecule has 2 N–H and O–H groups in total. The van der Waals surface area contributed by atoms with E-state index in [-0.39, 0.29) is 11.7 Å². The molecule has 3 aromatic heterocycles. The largest absolute Gasteiger partial charge is 0.476 e. The number of nitrogens with zero attached hydrogens (tertiary/aromatic N) is 5. The second-order valence-electron chi connectivity index (χ2n) is 7.87. The molecular formula is C22H22BrClN6O2. The Morgan fingerprint density at radius 2 is 1.88 bits per heavy atom. The fraction of sp³-hybridized carbons (Fsp3) is 0.273. The number of carbonyl (C=O) groups is 1. The van der Waals surface area contributed by atoms with Gasteiger partial charge in [-0.1, -0.05) is 23.7 Å². The molecule has 0 aliphatic rings. The molecule has 4 rings (SSSR count). The number of carboxylic acid groups (broad SMARTS) is 1. The van der Waals surface area contributed by atoms with Gasteiger partial charge in [-0.2, -0.15) is 0 Å². The van der Waals surface area contributed by atoms with E-state index in [1.54, 1.807) is 12.1 Å². The summed E-state index contributed by atoms with van der Waals surface area (Å²) >= 11 is 9.57. The summed E-state index contributed by atoms with van der Waals surface area (Å²) in [4.78, 5) is 16.4. The molecule has 0 saturated carbocycles. The average molecular weight is 518 g/mol. The molecule has 0 bridgehead atoms. The second kappa shape index (κ2) is 8.55. The van der Waals surface area contributed by atoms with Crippen LogP contribution in [-0.4, -0.2) is 35.2 Å². The zero-order valence-corrected chi connectivity index (χ0v) is 20.3. The summed E-state index contributed by atoms with van der Waals surface area (Å²) in [6, 6.07) is 8.77. The normalized spacial score (nSPS) is 12.5. The highest BCUT2D eigenvalue weighted by Crippen LogP contribution is 2.34. The Bertz CT molecular complexity index is 1310. The molecule has 0 radical (unpaired) electrons. The van der Waals surface area contributed by atoms with Gasteiger partial charge in [0.05, 0.1) is 17.4 Å². The van der Waals surface area contributed by atoms with Crippen LogP contribution in [0.1, 0.15) is 59.1 Å². The predicted molar refractivity (Wildman–Crippen MR) is 127 cm³/mol. The molecule has 0 aliphatic heterocycles. The predicted octanol–water partition coefficient (Wildman–Crippen LogP) is 5.44. The quantitative estimate of drug-likeness (QED) is 0.353. The van der Waals surface area contributed by atoms with Gasteiger partial charge < -0.3 is 15.0 Å². The van der Waals surface area contributed by atoms with Crippen molar-refractivity contribution in [2.75, 3.05) is 5.32 Å². The molecule has 0 amide bonds. The molecule has 32 heavy (non-hydrogen) atoms. The number of rotatable bonds is 6. The number of nitrogens with one attached hydrogen (secondary N) is 1. The number of imidazole rings is 1. The van der Waals surface area contributed by atoms with Crippen LogP contribution in [0.2, 0.25) is 5.02 Å². The highest BCUT2D eigenvalue weighted by atomic mass is 79.9. The van der Waals surface area contributed by atoms with Crippen molar-refractivity contribution in [1.82, 2.24) is 24.1 Å². The van der Waals surface area contributed by atoms with Gasteiger partial charge in [-0.25, -0.2) is 9.78 Å². The molecule has 1 atom stereocenters. The highest BCUT2D eigenvalue weighted by Gasteiger charge is 2.30. The van der Waals surface area contributed by atoms with Gasteiger partial charge in [0.1, 0.15) is 5.82 Å². The van der Waals surface area contributed by atoms with Crippen LogP contribution in [0.25, 0.3) is 5.65 Å². The Kier molecular flexibility index (Phi) is 5.96. The van der Waals surface area contributed by atoms with Gasteiger partial charge in [0.25, 0.3) is 0 Å². The molecule has 0 aliphatic carbocycles. The zero-order valence-electron chi connectivity index (χ0n) is 18.0. The number of fused-ring (bicyclic) bond motifs is 1. The highest BCUT2D eigenvalue weighted by molar-refractivity contribution is 9.10. The van der Waals surface area contributed by atoms with Crippen molar-refractivity contribution in [1.29, 1.82) is 0 Å². The zero-order chi connectivity index (χ0) is 23.2. The van der Waals surface area contributed by atoms with Crippen LogP contribution in [0.4, 0.5) is 5.69 Å². The number of aromatic nitrogens is 5. The SMILES string of the molecule is Cc1cc(NC(c2ccc(Cl)cc2)c2c(C(=O)O)nc(Br)n2C(C)C)cn2c(C)nnc12. The van der Waals surface area contributed by atoms with E-state index in [0.29, 0.717) is 15.5 Å². The first kappa shape index (κ1) is 22.3. The summed E-state index contributed by atoms with van der Waals surface area (Å²) in [7, 11) is 0. The van der Waals surface area contributed by atoms with Gasteiger partial charge in [0.15, 0.2) is 16.1 Å². The number of aromatic carboxylic acids is 1. The van der Waals surface area contributed by atoms with Crippen LogP contribution < -0.4 is 5.32 Å². The van der Waals surface area contributed by atoms with Crippen molar-refractivity contribution in [2.45, 2.75) is 39.8 Å². The van der Waals surface area contributed by atoms with E-state index >= 15 is 0 Å². The minimum Gasteiger partial charge on any atom is -0.476 e. The smallest absolute Gasteiger partial charge is 0.356 e. The van der Waals surface area contributed by atoms with E-state index in [1.165, 1.54) is 0 Å². The van der Waals surface area contributed by atoms with Crippen LogP contribution in [0.15, 0.2) is 41.3 Å². The third-order valence-corrected chi connectivity index (χ3v) is 6.08. The first-order valence-electron chi connectivity index (χ1n) is 10.0. The second-order valence-corrected chi connectivity index (χ2v) is 9.01. The van der Waals surface area contributed by atoms with Crippen molar-refractivity contribution in [3.05, 3.63) is 74.6 Å². The molecule has 1 aromatic carbocycles. The van der Waals surface area contributed by atoms with Crippen LogP contribution in [0.5, 0.6) is 0 Å². The van der Waals surface area contributed by atoms with Crippen LogP contribution in [-0.2, 0) is 0 Å². The summed E-state index contributed by atoms with van der Waals surface area (Å²) < 4.78 is 4.25. The number of pyridine rings is 1. The van der Waals surface area contributed by atoms with E-state index in [9.17, 15) is 9.90 Å². The lowest BCUT2D eigenvalue weighted by atomic mass is 10.0. The fourth-order valence-corrected chi connectivity index (χ4v) is 4.72. The third-order valence-electron chi connectivity index (χ3n) is 5.27. The third kappa shape index (κ3) is 3.98. The molecule has 8 nitrogen and oxygen atoms in total. The molecule has 1 unspecified atom stereocenters. The minimum atomic E-state index is -1.10. The number of hydrogen-bond acceptors (Lipinski definition) is 5. The Labute approximate surface area is 198 Å². The van der Waals surface area contributed by atoms with Crippen molar-refractivity contribution in [3.63, 3.8) is 0 Å². The number of anilines is 1. The lowest BCUT2D eigenvalue weighted by Crippen LogP contribution is -2.21. The number of carboxylic acids is 1. The van der Waals surface area contributed by atoms with Gasteiger partial charge in [-0.15, -0.1) is 10.2 Å². The van der Waals surface area contributed by atoms with E-state index in [2.05, 4.69) is 36.4 Å². The maximum atomic E-state index is 12.1. The monoisotopic (exact) mass is 516 g/mol. The molecule has 4 aromatic rings. The van der Waals surface area contributed by atoms with Crippen molar-refractivity contribution < 1.29 is 9.90 Å². The van der Waals surface area contributed by atoms with E-state index < -0.39 is 12.0 Å². The van der Waals surface area contributed by atoms with Gasteiger partial charge >= 0.3 is 5.97 Å². The molecular weight excluding hydrogens is 496 g/mol. The first-order chi connectivity index (χ1) is 15.2. The summed E-state index contributed by atoms with van der Waals surface area (Å²) in [6.45, 7) is 7.81. The Hall–Kier alpha value is -2.91. The maximum absolute atomic E-state index is 12.1. The number of aryl methyl sites for hydroxylation is 2. The van der Waals surface area contributed by atoms with Gasteiger partial charge in [-0.3, -0.25) is 4.40 Å². The number of halogens is 2. The first-order valence-corrected chi connectivity index (χ1v) is 11.2. The van der Waals surface area contributed by atoms with E-state index in [0.717, 1.165) is 28.3 Å². The molecule has 0 fully saturated rings. The molecule has 10 heteroatoms. The fourth-order valence-electron chi connectivity index (χ4n) is 3.82. The average Bonchev–Trinajstić information content (AvgIpc) is 3.27. The van der Waals surface area contributed by atoms with Crippen LogP contribution >= 0.6 is 27.5 Å². The summed E-state index contributed by atoms with van der Waals surface area (Å²) in [6.07, 6.45) is 1.91. The standard InChI is InChI=1S/C22H22BrClN6O2/c1-11(2)30-19(18(21(31)32)26-22(30)23)17(14-5-7-15(24)8-6-14)25-16-9-12(3)20-28-27-13(4)29(20)10-16/h5-11,17,25H,1-4H3,(H,31,32). The number of hydrogen-bond donors (Lipinski definition) is 2. The van der Waals surface area contributed by atoms with E-state index in [1.807, 2.05) is 61.1 Å². The topological polar surface area (TPSA) is 97.3 Å².